The van der Waals surface area contributed by atoms with Crippen LogP contribution in [0, 0.1) is 6.92 Å². The number of benzene rings is 1. The highest BCUT2D eigenvalue weighted by molar-refractivity contribution is 7.98. The minimum Gasteiger partial charge on any atom is -0.493 e. The van der Waals surface area contributed by atoms with E-state index in [-0.39, 0.29) is 0 Å². The van der Waals surface area contributed by atoms with Crippen molar-refractivity contribution >= 4 is 17.6 Å². The molecule has 0 aliphatic rings. The van der Waals surface area contributed by atoms with E-state index in [1.165, 1.54) is 10.5 Å². The number of pyridine rings is 1. The Labute approximate surface area is 136 Å². The van der Waals surface area contributed by atoms with Crippen LogP contribution in [0.15, 0.2) is 35.2 Å². The van der Waals surface area contributed by atoms with E-state index in [0.717, 1.165) is 29.6 Å². The Hall–Kier alpha value is -1.88. The van der Waals surface area contributed by atoms with Gasteiger partial charge in [0.15, 0.2) is 11.5 Å². The maximum Gasteiger partial charge on any atom is 0.161 e. The van der Waals surface area contributed by atoms with Crippen LogP contribution in [0.2, 0.25) is 0 Å². The standard InChI is InChI=1S/C17H22N2O2S/c1-12-7-6-8-17(18-12)19(2)11-13-9-14(20-3)15(21-4)10-16(13)22-5/h6-10H,11H2,1-5H3. The maximum absolute atomic E-state index is 5.41. The Morgan fingerprint density at radius 3 is 2.41 bits per heavy atom. The fourth-order valence-electron chi connectivity index (χ4n) is 2.29. The average molecular weight is 318 g/mol. The molecule has 2 rings (SSSR count). The molecule has 0 amide bonds. The van der Waals surface area contributed by atoms with Gasteiger partial charge < -0.3 is 14.4 Å². The first-order chi connectivity index (χ1) is 10.6. The Morgan fingerprint density at radius 2 is 1.82 bits per heavy atom. The third-order valence-corrected chi connectivity index (χ3v) is 4.28. The third kappa shape index (κ3) is 3.65. The van der Waals surface area contributed by atoms with Gasteiger partial charge in [-0.05, 0) is 43.0 Å². The number of methoxy groups -OCH3 is 2. The molecule has 0 aliphatic carbocycles. The number of anilines is 1. The second-order valence-corrected chi connectivity index (χ2v) is 5.86. The van der Waals surface area contributed by atoms with Crippen LogP contribution in [0.5, 0.6) is 11.5 Å². The number of ether oxygens (including phenoxy) is 2. The number of hydrogen-bond donors (Lipinski definition) is 0. The molecule has 0 aliphatic heterocycles. The Bertz CT molecular complexity index is 647. The fraction of sp³-hybridized carbons (Fsp3) is 0.353. The fourth-order valence-corrected chi connectivity index (χ4v) is 2.90. The summed E-state index contributed by atoms with van der Waals surface area (Å²) in [5.74, 6) is 2.47. The number of thioether (sulfide) groups is 1. The van der Waals surface area contributed by atoms with Crippen molar-refractivity contribution in [2.45, 2.75) is 18.4 Å². The first-order valence-electron chi connectivity index (χ1n) is 7.02. The molecule has 5 heteroatoms. The predicted octanol–water partition coefficient (Wildman–Crippen LogP) is 3.77. The third-order valence-electron chi connectivity index (χ3n) is 3.46. The van der Waals surface area contributed by atoms with Gasteiger partial charge in [-0.2, -0.15) is 0 Å². The summed E-state index contributed by atoms with van der Waals surface area (Å²) in [5.41, 5.74) is 2.21. The van der Waals surface area contributed by atoms with E-state index < -0.39 is 0 Å². The molecule has 1 aromatic carbocycles. The molecule has 0 saturated heterocycles. The van der Waals surface area contributed by atoms with Crippen molar-refractivity contribution in [1.82, 2.24) is 4.98 Å². The minimum atomic E-state index is 0.751. The maximum atomic E-state index is 5.41. The molecule has 1 aromatic heterocycles. The summed E-state index contributed by atoms with van der Waals surface area (Å²) in [4.78, 5) is 7.88. The van der Waals surface area contributed by atoms with Crippen molar-refractivity contribution in [2.24, 2.45) is 0 Å². The van der Waals surface area contributed by atoms with Crippen molar-refractivity contribution in [3.05, 3.63) is 41.6 Å². The quantitative estimate of drug-likeness (QED) is 0.758. The Kier molecular flexibility index (Phi) is 5.55. The van der Waals surface area contributed by atoms with Gasteiger partial charge in [0.25, 0.3) is 0 Å². The SMILES string of the molecule is COc1cc(CN(C)c2cccc(C)n2)c(SC)cc1OC. The second kappa shape index (κ2) is 7.40. The highest BCUT2D eigenvalue weighted by Gasteiger charge is 2.13. The summed E-state index contributed by atoms with van der Waals surface area (Å²) in [6.45, 7) is 2.76. The number of aryl methyl sites for hydroxylation is 1. The summed E-state index contributed by atoms with van der Waals surface area (Å²) in [7, 11) is 5.36. The van der Waals surface area contributed by atoms with Crippen LogP contribution in [-0.2, 0) is 6.54 Å². The summed E-state index contributed by atoms with van der Waals surface area (Å²) >= 11 is 1.70. The molecule has 0 fully saturated rings. The lowest BCUT2D eigenvalue weighted by atomic mass is 10.2. The van der Waals surface area contributed by atoms with Crippen LogP contribution in [-0.4, -0.2) is 32.5 Å². The van der Waals surface area contributed by atoms with E-state index >= 15 is 0 Å². The summed E-state index contributed by atoms with van der Waals surface area (Å²) in [6, 6.07) is 10.1. The van der Waals surface area contributed by atoms with Gasteiger partial charge in [-0.25, -0.2) is 4.98 Å². The van der Waals surface area contributed by atoms with Gasteiger partial charge in [-0.15, -0.1) is 11.8 Å². The van der Waals surface area contributed by atoms with Gasteiger partial charge in [0, 0.05) is 24.2 Å². The topological polar surface area (TPSA) is 34.6 Å². The van der Waals surface area contributed by atoms with E-state index in [9.17, 15) is 0 Å². The zero-order valence-corrected chi connectivity index (χ0v) is 14.5. The molecule has 2 aromatic rings. The molecule has 0 radical (unpaired) electrons. The van der Waals surface area contributed by atoms with Crippen molar-refractivity contribution in [2.75, 3.05) is 32.4 Å². The lowest BCUT2D eigenvalue weighted by Gasteiger charge is -2.21. The molecular weight excluding hydrogens is 296 g/mol. The number of nitrogens with zero attached hydrogens (tertiary/aromatic N) is 2. The van der Waals surface area contributed by atoms with Gasteiger partial charge in [0.2, 0.25) is 0 Å². The number of aromatic nitrogens is 1. The van der Waals surface area contributed by atoms with Crippen LogP contribution in [0.4, 0.5) is 5.82 Å². The molecule has 4 nitrogen and oxygen atoms in total. The monoisotopic (exact) mass is 318 g/mol. The van der Waals surface area contributed by atoms with Crippen LogP contribution in [0.25, 0.3) is 0 Å². The van der Waals surface area contributed by atoms with E-state index in [1.807, 2.05) is 44.3 Å². The summed E-state index contributed by atoms with van der Waals surface area (Å²) in [6.07, 6.45) is 2.07. The van der Waals surface area contributed by atoms with Crippen LogP contribution < -0.4 is 14.4 Å². The Morgan fingerprint density at radius 1 is 1.14 bits per heavy atom. The van der Waals surface area contributed by atoms with E-state index in [4.69, 9.17) is 9.47 Å². The zero-order chi connectivity index (χ0) is 16.1. The zero-order valence-electron chi connectivity index (χ0n) is 13.7. The lowest BCUT2D eigenvalue weighted by Crippen LogP contribution is -2.18. The van der Waals surface area contributed by atoms with Gasteiger partial charge in [-0.3, -0.25) is 0 Å². The van der Waals surface area contributed by atoms with Crippen LogP contribution >= 0.6 is 11.8 Å². The second-order valence-electron chi connectivity index (χ2n) is 5.01. The molecule has 0 saturated carbocycles. The minimum absolute atomic E-state index is 0.751. The molecule has 0 unspecified atom stereocenters. The largest absolute Gasteiger partial charge is 0.493 e. The molecule has 22 heavy (non-hydrogen) atoms. The highest BCUT2D eigenvalue weighted by Crippen LogP contribution is 2.35. The van der Waals surface area contributed by atoms with E-state index in [1.54, 1.807) is 26.0 Å². The molecular formula is C17H22N2O2S. The van der Waals surface area contributed by atoms with Crippen molar-refractivity contribution in [3.8, 4) is 11.5 Å². The van der Waals surface area contributed by atoms with Gasteiger partial charge in [-0.1, -0.05) is 6.07 Å². The number of hydrogen-bond acceptors (Lipinski definition) is 5. The van der Waals surface area contributed by atoms with Gasteiger partial charge >= 0.3 is 0 Å². The van der Waals surface area contributed by atoms with Gasteiger partial charge in [0.1, 0.15) is 5.82 Å². The Balaban J connectivity index is 2.31. The smallest absolute Gasteiger partial charge is 0.161 e. The first-order valence-corrected chi connectivity index (χ1v) is 8.25. The van der Waals surface area contributed by atoms with Crippen molar-refractivity contribution < 1.29 is 9.47 Å². The van der Waals surface area contributed by atoms with Crippen molar-refractivity contribution in [1.29, 1.82) is 0 Å². The average Bonchev–Trinajstić information content (AvgIpc) is 2.54. The lowest BCUT2D eigenvalue weighted by molar-refractivity contribution is 0.353. The normalized spacial score (nSPS) is 10.4. The first kappa shape index (κ1) is 16.5. The van der Waals surface area contributed by atoms with Crippen LogP contribution in [0.3, 0.4) is 0 Å². The van der Waals surface area contributed by atoms with E-state index in [0.29, 0.717) is 0 Å². The number of rotatable bonds is 6. The molecule has 0 spiro atoms. The highest BCUT2D eigenvalue weighted by atomic mass is 32.2. The predicted molar refractivity (Wildman–Crippen MR) is 92.4 cm³/mol. The molecule has 0 atom stereocenters. The molecule has 118 valence electrons. The molecule has 0 bridgehead atoms. The van der Waals surface area contributed by atoms with Crippen molar-refractivity contribution in [3.63, 3.8) is 0 Å². The summed E-state index contributed by atoms with van der Waals surface area (Å²) in [5, 5.41) is 0. The van der Waals surface area contributed by atoms with Gasteiger partial charge in [0.05, 0.1) is 14.2 Å². The summed E-state index contributed by atoms with van der Waals surface area (Å²) < 4.78 is 10.8. The van der Waals surface area contributed by atoms with E-state index in [2.05, 4.69) is 16.1 Å². The molecule has 0 N–H and O–H groups in total. The van der Waals surface area contributed by atoms with Crippen LogP contribution in [0.1, 0.15) is 11.3 Å². The molecule has 1 heterocycles.